The number of ether oxygens (including phenoxy) is 1. The molecule has 10 heteroatoms. The van der Waals surface area contributed by atoms with Crippen LogP contribution >= 0.6 is 22.9 Å². The van der Waals surface area contributed by atoms with Gasteiger partial charge in [0.25, 0.3) is 0 Å². The second-order valence-electron chi connectivity index (χ2n) is 9.68. The quantitative estimate of drug-likeness (QED) is 0.364. The van der Waals surface area contributed by atoms with Crippen LogP contribution in [0.1, 0.15) is 43.0 Å². The third-order valence-electron chi connectivity index (χ3n) is 6.91. The molecule has 0 saturated heterocycles. The topological polar surface area (TPSA) is 79.0 Å². The molecule has 1 heterocycles. The van der Waals surface area contributed by atoms with Gasteiger partial charge in [0.15, 0.2) is 0 Å². The van der Waals surface area contributed by atoms with Crippen LogP contribution in [0.25, 0.3) is 0 Å². The van der Waals surface area contributed by atoms with Crippen LogP contribution in [0.3, 0.4) is 0 Å². The second-order valence-corrected chi connectivity index (χ2v) is 13.1. The minimum absolute atomic E-state index is 0.0765. The van der Waals surface area contributed by atoms with Gasteiger partial charge in [-0.1, -0.05) is 30.5 Å². The molecule has 2 aromatic rings. The monoisotopic (exact) mass is 555 g/mol. The van der Waals surface area contributed by atoms with Gasteiger partial charge in [-0.25, -0.2) is 8.42 Å². The predicted molar refractivity (Wildman–Crippen MR) is 146 cm³/mol. The fraction of sp³-hybridized carbons (Fsp3) is 0.577. The molecule has 1 aliphatic rings. The average Bonchev–Trinajstić information content (AvgIpc) is 3.37. The highest BCUT2D eigenvalue weighted by atomic mass is 35.5. The van der Waals surface area contributed by atoms with E-state index in [0.717, 1.165) is 6.42 Å². The van der Waals surface area contributed by atoms with Crippen LogP contribution in [0.2, 0.25) is 5.02 Å². The molecule has 0 radical (unpaired) electrons. The van der Waals surface area contributed by atoms with Crippen molar-refractivity contribution in [1.29, 1.82) is 0 Å². The number of hydrogen-bond donors (Lipinski definition) is 1. The summed E-state index contributed by atoms with van der Waals surface area (Å²) in [6.07, 6.45) is 5.80. The number of benzene rings is 1. The van der Waals surface area contributed by atoms with Gasteiger partial charge in [-0.2, -0.15) is 4.31 Å². The molecule has 1 aromatic heterocycles. The van der Waals surface area contributed by atoms with Crippen molar-refractivity contribution < 1.29 is 17.9 Å². The maximum atomic E-state index is 12.6. The molecule has 1 aromatic carbocycles. The lowest BCUT2D eigenvalue weighted by atomic mass is 9.76. The van der Waals surface area contributed by atoms with E-state index in [1.165, 1.54) is 54.0 Å². The van der Waals surface area contributed by atoms with Gasteiger partial charge in [-0.3, -0.25) is 4.79 Å². The van der Waals surface area contributed by atoms with E-state index in [4.69, 9.17) is 16.3 Å². The Morgan fingerprint density at radius 3 is 2.44 bits per heavy atom. The van der Waals surface area contributed by atoms with Crippen molar-refractivity contribution >= 4 is 38.9 Å². The zero-order chi connectivity index (χ0) is 26.1. The Hall–Kier alpha value is -1.49. The van der Waals surface area contributed by atoms with Gasteiger partial charge in [0.2, 0.25) is 15.9 Å². The largest absolute Gasteiger partial charge is 0.370 e. The first-order chi connectivity index (χ1) is 17.2. The second kappa shape index (κ2) is 13.9. The highest BCUT2D eigenvalue weighted by Gasteiger charge is 2.30. The van der Waals surface area contributed by atoms with Crippen LogP contribution in [0.4, 0.5) is 0 Å². The summed E-state index contributed by atoms with van der Waals surface area (Å²) < 4.78 is 31.7. The molecule has 36 heavy (non-hydrogen) atoms. The third kappa shape index (κ3) is 8.26. The van der Waals surface area contributed by atoms with Gasteiger partial charge < -0.3 is 15.0 Å². The molecular formula is C26H38ClN3O4S2. The predicted octanol–water partition coefficient (Wildman–Crippen LogP) is 4.65. The molecule has 1 atom stereocenters. The molecule has 7 nitrogen and oxygen atoms in total. The summed E-state index contributed by atoms with van der Waals surface area (Å²) in [6, 6.07) is 10.9. The van der Waals surface area contributed by atoms with Crippen molar-refractivity contribution in [3.05, 3.63) is 51.7 Å². The molecule has 1 amide bonds. The molecule has 200 valence electrons. The number of halogens is 1. The Morgan fingerprint density at radius 2 is 1.83 bits per heavy atom. The van der Waals surface area contributed by atoms with Gasteiger partial charge in [0, 0.05) is 36.1 Å². The van der Waals surface area contributed by atoms with Gasteiger partial charge >= 0.3 is 0 Å². The van der Waals surface area contributed by atoms with Crippen LogP contribution in [-0.4, -0.2) is 71.0 Å². The maximum absolute atomic E-state index is 12.6. The number of hydrogen-bond acceptors (Lipinski definition) is 6. The van der Waals surface area contributed by atoms with Crippen molar-refractivity contribution in [3.63, 3.8) is 0 Å². The molecule has 1 unspecified atom stereocenters. The normalized spacial score (nSPS) is 19.5. The number of carbonyl (C=O) groups is 1. The Labute approximate surface area is 224 Å². The standard InChI is InChI=1S/C26H38ClN3O4S2/c1-29(2)26(24-5-4-18-35-24)21-8-6-20(7-9-21)14-15-28-25(31)19-34-17-16-30(3)36(32,33)23-12-10-22(27)11-13-23/h4-5,10-13,18,20-21,26H,6-9,14-17,19H2,1-3H3,(H,28,31). The van der Waals surface area contributed by atoms with E-state index in [1.54, 1.807) is 12.1 Å². The molecule has 0 spiro atoms. The first-order valence-corrected chi connectivity index (χ1v) is 15.1. The highest BCUT2D eigenvalue weighted by Crippen LogP contribution is 2.41. The van der Waals surface area contributed by atoms with Crippen LogP contribution in [0.5, 0.6) is 0 Å². The van der Waals surface area contributed by atoms with E-state index in [1.807, 2.05) is 11.3 Å². The minimum atomic E-state index is -3.62. The molecule has 0 aliphatic heterocycles. The smallest absolute Gasteiger partial charge is 0.245 e. The fourth-order valence-corrected chi connectivity index (χ4v) is 7.19. The van der Waals surface area contributed by atoms with E-state index >= 15 is 0 Å². The number of sulfonamides is 1. The van der Waals surface area contributed by atoms with Gasteiger partial charge in [-0.05, 0) is 80.9 Å². The van der Waals surface area contributed by atoms with Crippen molar-refractivity contribution in [2.45, 2.75) is 43.0 Å². The number of amides is 1. The summed E-state index contributed by atoms with van der Waals surface area (Å²) in [7, 11) is 2.21. The Balaban J connectivity index is 1.29. The Bertz CT molecular complexity index is 1040. The molecule has 3 rings (SSSR count). The summed E-state index contributed by atoms with van der Waals surface area (Å²) in [5.41, 5.74) is 0. The summed E-state index contributed by atoms with van der Waals surface area (Å²) in [5.74, 6) is 1.15. The van der Waals surface area contributed by atoms with E-state index in [9.17, 15) is 13.2 Å². The summed E-state index contributed by atoms with van der Waals surface area (Å²) in [5, 5.41) is 5.57. The lowest BCUT2D eigenvalue weighted by molar-refractivity contribution is -0.125. The lowest BCUT2D eigenvalue weighted by Gasteiger charge is -2.37. The Morgan fingerprint density at radius 1 is 1.14 bits per heavy atom. The zero-order valence-corrected chi connectivity index (χ0v) is 23.7. The third-order valence-corrected chi connectivity index (χ3v) is 9.98. The SMILES string of the molecule is CN(C)C(c1cccs1)C1CCC(CCNC(=O)COCCN(C)S(=O)(=O)c2ccc(Cl)cc2)CC1. The van der Waals surface area contributed by atoms with E-state index in [0.29, 0.717) is 29.4 Å². The number of likely N-dealkylation sites (N-methyl/N-ethyl adjacent to an activating group) is 1. The van der Waals surface area contributed by atoms with E-state index in [-0.39, 0.29) is 30.6 Å². The van der Waals surface area contributed by atoms with Gasteiger partial charge in [0.1, 0.15) is 6.61 Å². The van der Waals surface area contributed by atoms with Crippen LogP contribution in [0.15, 0.2) is 46.7 Å². The molecule has 1 N–H and O–H groups in total. The van der Waals surface area contributed by atoms with Crippen LogP contribution in [-0.2, 0) is 19.6 Å². The van der Waals surface area contributed by atoms with Crippen molar-refractivity contribution in [1.82, 2.24) is 14.5 Å². The van der Waals surface area contributed by atoms with E-state index in [2.05, 4.69) is 41.8 Å². The average molecular weight is 556 g/mol. The summed E-state index contributed by atoms with van der Waals surface area (Å²) in [4.78, 5) is 16.1. The molecule has 1 fully saturated rings. The van der Waals surface area contributed by atoms with Crippen molar-refractivity contribution in [2.75, 3.05) is 47.4 Å². The first kappa shape index (κ1) is 29.1. The van der Waals surface area contributed by atoms with Crippen LogP contribution in [0, 0.1) is 11.8 Å². The van der Waals surface area contributed by atoms with Crippen LogP contribution < -0.4 is 5.32 Å². The van der Waals surface area contributed by atoms with Crippen molar-refractivity contribution in [3.8, 4) is 0 Å². The number of nitrogens with zero attached hydrogens (tertiary/aromatic N) is 2. The summed E-state index contributed by atoms with van der Waals surface area (Å²) >= 11 is 7.67. The van der Waals surface area contributed by atoms with Gasteiger partial charge in [0.05, 0.1) is 11.5 Å². The number of rotatable bonds is 13. The number of carbonyl (C=O) groups excluding carboxylic acids is 1. The van der Waals surface area contributed by atoms with Gasteiger partial charge in [-0.15, -0.1) is 11.3 Å². The fourth-order valence-electron chi connectivity index (χ4n) is 4.89. The van der Waals surface area contributed by atoms with Crippen molar-refractivity contribution in [2.24, 2.45) is 11.8 Å². The highest BCUT2D eigenvalue weighted by molar-refractivity contribution is 7.89. The Kier molecular flexibility index (Phi) is 11.2. The summed E-state index contributed by atoms with van der Waals surface area (Å²) in [6.45, 7) is 0.857. The maximum Gasteiger partial charge on any atom is 0.245 e. The lowest BCUT2D eigenvalue weighted by Crippen LogP contribution is -2.33. The molecule has 1 saturated carbocycles. The molecule has 0 bridgehead atoms. The molecular weight excluding hydrogens is 518 g/mol. The minimum Gasteiger partial charge on any atom is -0.370 e. The number of nitrogens with one attached hydrogen (secondary N) is 1. The molecule has 1 aliphatic carbocycles. The zero-order valence-electron chi connectivity index (χ0n) is 21.4. The van der Waals surface area contributed by atoms with E-state index < -0.39 is 10.0 Å². The number of thiophene rings is 1. The first-order valence-electron chi connectivity index (χ1n) is 12.4.